The highest BCUT2D eigenvalue weighted by molar-refractivity contribution is 5.79. The van der Waals surface area contributed by atoms with E-state index in [0.717, 1.165) is 5.56 Å². The van der Waals surface area contributed by atoms with Crippen LogP contribution >= 0.6 is 0 Å². The molecule has 1 atom stereocenters. The molecule has 0 aliphatic carbocycles. The van der Waals surface area contributed by atoms with Gasteiger partial charge in [-0.1, -0.05) is 12.1 Å². The molecule has 20 heavy (non-hydrogen) atoms. The molecule has 1 aliphatic rings. The van der Waals surface area contributed by atoms with Crippen LogP contribution in [0.25, 0.3) is 0 Å². The molecule has 2 rings (SSSR count). The van der Waals surface area contributed by atoms with E-state index in [9.17, 15) is 18.0 Å². The summed E-state index contributed by atoms with van der Waals surface area (Å²) < 4.78 is 43.0. The van der Waals surface area contributed by atoms with Gasteiger partial charge in [0.1, 0.15) is 11.8 Å². The summed E-state index contributed by atoms with van der Waals surface area (Å²) in [5.41, 5.74) is 0.766. The largest absolute Gasteiger partial charge is 0.497 e. The van der Waals surface area contributed by atoms with Gasteiger partial charge >= 0.3 is 6.18 Å². The van der Waals surface area contributed by atoms with Gasteiger partial charge in [-0.15, -0.1) is 0 Å². The number of benzene rings is 1. The molecule has 1 amide bonds. The predicted molar refractivity (Wildman–Crippen MR) is 66.3 cm³/mol. The molecule has 110 valence electrons. The minimum atomic E-state index is -4.35. The Bertz CT molecular complexity index is 473. The average molecular weight is 288 g/mol. The van der Waals surface area contributed by atoms with E-state index in [1.165, 1.54) is 12.0 Å². The van der Waals surface area contributed by atoms with Gasteiger partial charge in [0.05, 0.1) is 13.7 Å². The average Bonchev–Trinajstić information content (AvgIpc) is 2.41. The van der Waals surface area contributed by atoms with Crippen LogP contribution in [0.2, 0.25) is 0 Å². The van der Waals surface area contributed by atoms with Crippen LogP contribution in [0.3, 0.4) is 0 Å². The highest BCUT2D eigenvalue weighted by Gasteiger charge is 2.43. The van der Waals surface area contributed by atoms with E-state index in [2.05, 4.69) is 5.32 Å². The lowest BCUT2D eigenvalue weighted by molar-refractivity contribution is -0.170. The lowest BCUT2D eigenvalue weighted by atomic mass is 10.1. The van der Waals surface area contributed by atoms with Crippen molar-refractivity contribution >= 4 is 5.91 Å². The van der Waals surface area contributed by atoms with Gasteiger partial charge in [-0.05, 0) is 17.7 Å². The molecule has 1 aromatic carbocycles. The van der Waals surface area contributed by atoms with Gasteiger partial charge in [-0.2, -0.15) is 13.2 Å². The summed E-state index contributed by atoms with van der Waals surface area (Å²) in [4.78, 5) is 12.9. The van der Waals surface area contributed by atoms with Crippen LogP contribution in [0.5, 0.6) is 5.75 Å². The number of methoxy groups -OCH3 is 1. The van der Waals surface area contributed by atoms with Crippen LogP contribution in [-0.2, 0) is 11.3 Å². The molecule has 1 N–H and O–H groups in total. The Morgan fingerprint density at radius 3 is 2.55 bits per heavy atom. The van der Waals surface area contributed by atoms with E-state index in [-0.39, 0.29) is 25.5 Å². The standard InChI is InChI=1S/C13H15F3N2O2/c1-20-10-4-2-9(3-5-10)7-18-8-11(13(14,15)16)17-6-12(18)19/h2-5,11,17H,6-8H2,1H3. The van der Waals surface area contributed by atoms with Crippen LogP contribution < -0.4 is 10.1 Å². The van der Waals surface area contributed by atoms with Crippen molar-refractivity contribution in [2.75, 3.05) is 20.2 Å². The van der Waals surface area contributed by atoms with Crippen molar-refractivity contribution in [3.8, 4) is 5.75 Å². The van der Waals surface area contributed by atoms with Crippen molar-refractivity contribution in [1.29, 1.82) is 0 Å². The van der Waals surface area contributed by atoms with E-state index in [4.69, 9.17) is 4.74 Å². The van der Waals surface area contributed by atoms with Gasteiger partial charge in [0, 0.05) is 13.1 Å². The molecule has 1 fully saturated rings. The quantitative estimate of drug-likeness (QED) is 0.917. The SMILES string of the molecule is COc1ccc(CN2CC(C(F)(F)F)NCC2=O)cc1. The molecule has 0 spiro atoms. The van der Waals surface area contributed by atoms with Crippen molar-refractivity contribution in [3.63, 3.8) is 0 Å². The van der Waals surface area contributed by atoms with Crippen LogP contribution in [0.15, 0.2) is 24.3 Å². The number of nitrogens with one attached hydrogen (secondary N) is 1. The first-order chi connectivity index (χ1) is 9.40. The molecule has 0 aromatic heterocycles. The number of amides is 1. The number of carbonyl (C=O) groups excluding carboxylic acids is 1. The lowest BCUT2D eigenvalue weighted by Crippen LogP contribution is -2.59. The molecule has 1 heterocycles. The maximum atomic E-state index is 12.7. The molecule has 1 saturated heterocycles. The summed E-state index contributed by atoms with van der Waals surface area (Å²) in [5, 5.41) is 2.21. The second kappa shape index (κ2) is 5.70. The highest BCUT2D eigenvalue weighted by Crippen LogP contribution is 2.23. The van der Waals surface area contributed by atoms with E-state index in [0.29, 0.717) is 5.75 Å². The molecule has 0 bridgehead atoms. The molecule has 1 aromatic rings. The van der Waals surface area contributed by atoms with Gasteiger partial charge in [-0.3, -0.25) is 10.1 Å². The van der Waals surface area contributed by atoms with Gasteiger partial charge in [0.25, 0.3) is 0 Å². The normalized spacial score (nSPS) is 20.1. The van der Waals surface area contributed by atoms with Gasteiger partial charge in [0.15, 0.2) is 0 Å². The zero-order valence-corrected chi connectivity index (χ0v) is 10.9. The third-order valence-electron chi connectivity index (χ3n) is 3.18. The van der Waals surface area contributed by atoms with Gasteiger partial charge < -0.3 is 9.64 Å². The minimum absolute atomic E-state index is 0.164. The number of alkyl halides is 3. The number of hydrogen-bond acceptors (Lipinski definition) is 3. The topological polar surface area (TPSA) is 41.6 Å². The van der Waals surface area contributed by atoms with Crippen molar-refractivity contribution < 1.29 is 22.7 Å². The van der Waals surface area contributed by atoms with Crippen molar-refractivity contribution in [2.24, 2.45) is 0 Å². The number of rotatable bonds is 3. The predicted octanol–water partition coefficient (Wildman–Crippen LogP) is 1.56. The maximum absolute atomic E-state index is 12.7. The molecule has 7 heteroatoms. The number of hydrogen-bond donors (Lipinski definition) is 1. The second-order valence-corrected chi connectivity index (χ2v) is 4.60. The summed E-state index contributed by atoms with van der Waals surface area (Å²) in [5.74, 6) is 0.329. The molecule has 1 unspecified atom stereocenters. The Hall–Kier alpha value is -1.76. The van der Waals surface area contributed by atoms with Crippen molar-refractivity contribution in [1.82, 2.24) is 10.2 Å². The molecular weight excluding hydrogens is 273 g/mol. The maximum Gasteiger partial charge on any atom is 0.405 e. The number of carbonyl (C=O) groups is 1. The fourth-order valence-electron chi connectivity index (χ4n) is 2.03. The first kappa shape index (κ1) is 14.6. The van der Waals surface area contributed by atoms with Crippen LogP contribution in [-0.4, -0.2) is 43.2 Å². The van der Waals surface area contributed by atoms with Gasteiger partial charge in [-0.25, -0.2) is 0 Å². The number of piperazine rings is 1. The summed E-state index contributed by atoms with van der Waals surface area (Å²) >= 11 is 0. The summed E-state index contributed by atoms with van der Waals surface area (Å²) in [6, 6.07) is 5.22. The Labute approximate surface area is 114 Å². The smallest absolute Gasteiger partial charge is 0.405 e. The van der Waals surface area contributed by atoms with E-state index < -0.39 is 12.2 Å². The lowest BCUT2D eigenvalue weighted by Gasteiger charge is -2.34. The fraction of sp³-hybridized carbons (Fsp3) is 0.462. The van der Waals surface area contributed by atoms with Crippen molar-refractivity contribution in [3.05, 3.63) is 29.8 Å². The second-order valence-electron chi connectivity index (χ2n) is 4.60. The molecule has 1 aliphatic heterocycles. The molecular formula is C13H15F3N2O2. The summed E-state index contributed by atoms with van der Waals surface area (Å²) in [6.07, 6.45) is -4.35. The van der Waals surface area contributed by atoms with Gasteiger partial charge in [0.2, 0.25) is 5.91 Å². The summed E-state index contributed by atoms with van der Waals surface area (Å²) in [6.45, 7) is -0.494. The van der Waals surface area contributed by atoms with Crippen LogP contribution in [0, 0.1) is 0 Å². The van der Waals surface area contributed by atoms with E-state index in [1.807, 2.05) is 0 Å². The van der Waals surface area contributed by atoms with Crippen LogP contribution in [0.4, 0.5) is 13.2 Å². The van der Waals surface area contributed by atoms with Crippen LogP contribution in [0.1, 0.15) is 5.56 Å². The zero-order valence-electron chi connectivity index (χ0n) is 10.9. The van der Waals surface area contributed by atoms with Crippen molar-refractivity contribution in [2.45, 2.75) is 18.8 Å². The fourth-order valence-corrected chi connectivity index (χ4v) is 2.03. The van der Waals surface area contributed by atoms with E-state index >= 15 is 0 Å². The monoisotopic (exact) mass is 288 g/mol. The minimum Gasteiger partial charge on any atom is -0.497 e. The third kappa shape index (κ3) is 3.41. The Balaban J connectivity index is 2.04. The Morgan fingerprint density at radius 2 is 2.00 bits per heavy atom. The first-order valence-electron chi connectivity index (χ1n) is 6.11. The number of nitrogens with zero attached hydrogens (tertiary/aromatic N) is 1. The Kier molecular flexibility index (Phi) is 4.17. The molecule has 0 saturated carbocycles. The first-order valence-corrected chi connectivity index (χ1v) is 6.11. The molecule has 4 nitrogen and oxygen atoms in total. The molecule has 0 radical (unpaired) electrons. The Morgan fingerprint density at radius 1 is 1.35 bits per heavy atom. The highest BCUT2D eigenvalue weighted by atomic mass is 19.4. The summed E-state index contributed by atoms with van der Waals surface area (Å²) in [7, 11) is 1.53. The number of ether oxygens (including phenoxy) is 1. The van der Waals surface area contributed by atoms with E-state index in [1.54, 1.807) is 24.3 Å². The zero-order chi connectivity index (χ0) is 14.8. The number of halogens is 3. The third-order valence-corrected chi connectivity index (χ3v) is 3.18.